The van der Waals surface area contributed by atoms with Crippen LogP contribution in [0.1, 0.15) is 42.1 Å². The van der Waals surface area contributed by atoms with Crippen LogP contribution >= 0.6 is 0 Å². The Morgan fingerprint density at radius 3 is 2.51 bits per heavy atom. The van der Waals surface area contributed by atoms with E-state index in [0.29, 0.717) is 29.8 Å². The standard InChI is InChI=1S/C33H36F3N5O4/c1-21-14-22(16-24(35)15-21)18-38-31(42)33(44)8-9-41(32(33)43)25-4-7-30(37-19-25)40-12-10-39(11-13-40)26-3-6-29(45-20-26)27-17-23(34)2-5-28(27)36/h2,4-5,7,14-17,19,26,29,44H,3,6,8-13,18,20H2,1H3,(H,38,42)/t26-,29+,33+/m1/s1. The predicted octanol–water partition coefficient (Wildman–Crippen LogP) is 3.63. The Balaban J connectivity index is 0.994. The summed E-state index contributed by atoms with van der Waals surface area (Å²) in [6.45, 7) is 5.38. The van der Waals surface area contributed by atoms with Gasteiger partial charge >= 0.3 is 0 Å². The minimum atomic E-state index is -2.22. The Kier molecular flexibility index (Phi) is 8.80. The van der Waals surface area contributed by atoms with Crippen molar-refractivity contribution >= 4 is 23.3 Å². The predicted molar refractivity (Wildman–Crippen MR) is 161 cm³/mol. The summed E-state index contributed by atoms with van der Waals surface area (Å²) in [6, 6.07) is 11.6. The quantitative estimate of drug-likeness (QED) is 0.388. The molecule has 3 fully saturated rings. The lowest BCUT2D eigenvalue weighted by Gasteiger charge is -2.42. The molecule has 0 bridgehead atoms. The van der Waals surface area contributed by atoms with Gasteiger partial charge in [-0.2, -0.15) is 0 Å². The number of amides is 2. The zero-order chi connectivity index (χ0) is 31.7. The number of carbonyl (C=O) groups is 2. The Hall–Kier alpha value is -4.00. The zero-order valence-electron chi connectivity index (χ0n) is 25.0. The maximum absolute atomic E-state index is 14.2. The molecule has 3 atom stereocenters. The molecule has 238 valence electrons. The minimum absolute atomic E-state index is 0.0142. The number of nitrogens with zero attached hydrogens (tertiary/aromatic N) is 4. The monoisotopic (exact) mass is 623 g/mol. The lowest BCUT2D eigenvalue weighted by molar-refractivity contribution is -0.149. The second kappa shape index (κ2) is 12.8. The third-order valence-electron chi connectivity index (χ3n) is 8.98. The molecule has 3 aromatic rings. The van der Waals surface area contributed by atoms with Gasteiger partial charge in [0.05, 0.1) is 24.6 Å². The van der Waals surface area contributed by atoms with Crippen LogP contribution in [0, 0.1) is 24.4 Å². The summed E-state index contributed by atoms with van der Waals surface area (Å²) in [5.41, 5.74) is -0.229. The van der Waals surface area contributed by atoms with Gasteiger partial charge in [0, 0.05) is 57.3 Å². The van der Waals surface area contributed by atoms with Gasteiger partial charge in [-0.05, 0) is 73.4 Å². The highest BCUT2D eigenvalue weighted by Crippen LogP contribution is 2.33. The zero-order valence-corrected chi connectivity index (χ0v) is 25.0. The first-order valence-electron chi connectivity index (χ1n) is 15.2. The number of rotatable bonds is 7. The summed E-state index contributed by atoms with van der Waals surface area (Å²) in [7, 11) is 0. The molecule has 0 saturated carbocycles. The van der Waals surface area contributed by atoms with Gasteiger partial charge in [-0.15, -0.1) is 0 Å². The molecule has 2 aromatic carbocycles. The molecule has 3 aliphatic rings. The van der Waals surface area contributed by atoms with Crippen molar-refractivity contribution in [3.63, 3.8) is 0 Å². The molecular weight excluding hydrogens is 587 g/mol. The topological polar surface area (TPSA) is 98.2 Å². The van der Waals surface area contributed by atoms with Gasteiger partial charge in [0.15, 0.2) is 0 Å². The number of benzene rings is 2. The van der Waals surface area contributed by atoms with E-state index in [1.807, 2.05) is 6.07 Å². The van der Waals surface area contributed by atoms with E-state index in [1.54, 1.807) is 25.3 Å². The molecule has 6 rings (SSSR count). The van der Waals surface area contributed by atoms with Gasteiger partial charge in [0.1, 0.15) is 23.3 Å². The van der Waals surface area contributed by atoms with Crippen molar-refractivity contribution in [3.05, 3.63) is 88.9 Å². The van der Waals surface area contributed by atoms with Crippen LogP contribution in [0.2, 0.25) is 0 Å². The molecule has 45 heavy (non-hydrogen) atoms. The summed E-state index contributed by atoms with van der Waals surface area (Å²) in [6.07, 6.45) is 2.49. The minimum Gasteiger partial charge on any atom is -0.372 e. The van der Waals surface area contributed by atoms with Crippen molar-refractivity contribution in [3.8, 4) is 0 Å². The molecule has 0 spiro atoms. The van der Waals surface area contributed by atoms with E-state index in [-0.39, 0.29) is 31.1 Å². The highest BCUT2D eigenvalue weighted by molar-refractivity contribution is 6.16. The van der Waals surface area contributed by atoms with Crippen molar-refractivity contribution in [2.75, 3.05) is 49.1 Å². The smallest absolute Gasteiger partial charge is 0.268 e. The van der Waals surface area contributed by atoms with E-state index in [2.05, 4.69) is 20.1 Å². The molecule has 0 radical (unpaired) electrons. The van der Waals surface area contributed by atoms with Gasteiger partial charge in [-0.3, -0.25) is 14.5 Å². The highest BCUT2D eigenvalue weighted by atomic mass is 19.1. The van der Waals surface area contributed by atoms with Crippen LogP contribution in [0.3, 0.4) is 0 Å². The molecule has 0 unspecified atom stereocenters. The van der Waals surface area contributed by atoms with E-state index in [9.17, 15) is 27.9 Å². The fourth-order valence-corrected chi connectivity index (χ4v) is 6.48. The van der Waals surface area contributed by atoms with Crippen LogP contribution in [0.15, 0.2) is 54.7 Å². The van der Waals surface area contributed by atoms with E-state index < -0.39 is 41.0 Å². The molecule has 3 aliphatic heterocycles. The van der Waals surface area contributed by atoms with E-state index in [0.717, 1.165) is 50.6 Å². The Morgan fingerprint density at radius 1 is 1.02 bits per heavy atom. The number of aliphatic hydroxyl groups is 1. The van der Waals surface area contributed by atoms with Crippen molar-refractivity contribution in [1.29, 1.82) is 0 Å². The number of hydrogen-bond donors (Lipinski definition) is 2. The number of carbonyl (C=O) groups excluding carboxylic acids is 2. The van der Waals surface area contributed by atoms with Gasteiger partial charge in [0.2, 0.25) is 5.60 Å². The molecule has 4 heterocycles. The number of ether oxygens (including phenoxy) is 1. The lowest BCUT2D eigenvalue weighted by Crippen LogP contribution is -2.53. The van der Waals surface area contributed by atoms with Crippen LogP contribution in [0.25, 0.3) is 0 Å². The van der Waals surface area contributed by atoms with Gasteiger partial charge in [0.25, 0.3) is 11.8 Å². The SMILES string of the molecule is Cc1cc(F)cc(CNC(=O)[C@@]2(O)CCN(c3ccc(N4CCN([C@@H]5CC[C@@H](c6cc(F)ccc6F)OC5)CC4)nc3)C2=O)c1. The molecule has 0 aliphatic carbocycles. The van der Waals surface area contributed by atoms with E-state index >= 15 is 0 Å². The third kappa shape index (κ3) is 6.54. The fourth-order valence-electron chi connectivity index (χ4n) is 6.48. The third-order valence-corrected chi connectivity index (χ3v) is 8.98. The average molecular weight is 624 g/mol. The summed E-state index contributed by atoms with van der Waals surface area (Å²) in [5, 5.41) is 13.5. The van der Waals surface area contributed by atoms with Crippen molar-refractivity contribution < 1.29 is 32.6 Å². The first kappa shape index (κ1) is 31.0. The molecule has 1 aromatic heterocycles. The van der Waals surface area contributed by atoms with Crippen LogP contribution in [-0.2, 0) is 20.9 Å². The second-order valence-electron chi connectivity index (χ2n) is 12.0. The lowest BCUT2D eigenvalue weighted by atomic mass is 9.97. The maximum atomic E-state index is 14.2. The largest absolute Gasteiger partial charge is 0.372 e. The number of aryl methyl sites for hydroxylation is 1. The summed E-state index contributed by atoms with van der Waals surface area (Å²) in [4.78, 5) is 36.4. The first-order chi connectivity index (χ1) is 21.6. The summed E-state index contributed by atoms with van der Waals surface area (Å²) >= 11 is 0. The van der Waals surface area contributed by atoms with Crippen molar-refractivity contribution in [2.45, 2.75) is 50.5 Å². The van der Waals surface area contributed by atoms with Crippen molar-refractivity contribution in [2.24, 2.45) is 0 Å². The second-order valence-corrected chi connectivity index (χ2v) is 12.0. The highest BCUT2D eigenvalue weighted by Gasteiger charge is 2.51. The Labute approximate surface area is 259 Å². The molecule has 2 amide bonds. The number of halogens is 3. The summed E-state index contributed by atoms with van der Waals surface area (Å²) in [5.74, 6) is -2.14. The number of anilines is 2. The van der Waals surface area contributed by atoms with Gasteiger partial charge < -0.3 is 25.0 Å². The molecule has 12 heteroatoms. The average Bonchev–Trinajstić information content (AvgIpc) is 3.35. The van der Waals surface area contributed by atoms with Crippen LogP contribution in [0.4, 0.5) is 24.7 Å². The molecule has 9 nitrogen and oxygen atoms in total. The van der Waals surface area contributed by atoms with E-state index in [4.69, 9.17) is 4.74 Å². The first-order valence-corrected chi connectivity index (χ1v) is 15.2. The fraction of sp³-hybridized carbons (Fsp3) is 0.424. The molecular formula is C33H36F3N5O4. The Morgan fingerprint density at radius 2 is 1.82 bits per heavy atom. The van der Waals surface area contributed by atoms with Gasteiger partial charge in [-0.25, -0.2) is 18.2 Å². The van der Waals surface area contributed by atoms with Crippen LogP contribution < -0.4 is 15.1 Å². The Bertz CT molecular complexity index is 1540. The van der Waals surface area contributed by atoms with Crippen molar-refractivity contribution in [1.82, 2.24) is 15.2 Å². The molecule has 3 saturated heterocycles. The normalized spacial score (nSPS) is 24.2. The number of piperazine rings is 1. The number of nitrogens with one attached hydrogen (secondary N) is 1. The van der Waals surface area contributed by atoms with Gasteiger partial charge in [-0.1, -0.05) is 6.07 Å². The number of hydrogen-bond acceptors (Lipinski definition) is 7. The number of aromatic nitrogens is 1. The number of pyridine rings is 1. The van der Waals surface area contributed by atoms with Crippen LogP contribution in [0.5, 0.6) is 0 Å². The van der Waals surface area contributed by atoms with E-state index in [1.165, 1.54) is 23.1 Å². The maximum Gasteiger partial charge on any atom is 0.268 e. The van der Waals surface area contributed by atoms with Crippen LogP contribution in [-0.4, -0.2) is 77.8 Å². The molecule has 2 N–H and O–H groups in total. The summed E-state index contributed by atoms with van der Waals surface area (Å²) < 4.78 is 47.5.